The number of nitrogens with zero attached hydrogens (tertiary/aromatic N) is 1. The fourth-order valence-electron chi connectivity index (χ4n) is 1.73. The molecule has 0 aromatic heterocycles. The fraction of sp³-hybridized carbons (Fsp3) is 0.0667. The van der Waals surface area contributed by atoms with Crippen LogP contribution in [0.5, 0.6) is 0 Å². The summed E-state index contributed by atoms with van der Waals surface area (Å²) in [5, 5.41) is 3.56. The standard InChI is InChI=1S/C15H12F3N3O/c16-15(17,18)13-4-2-1-3-11(13)9-20-21-14(22)10-5-7-12(19)8-6-10/h1-9H,19H2,(H,21,22). The Morgan fingerprint density at radius 2 is 1.73 bits per heavy atom. The van der Waals surface area contributed by atoms with Crippen molar-refractivity contribution in [3.05, 3.63) is 65.2 Å². The van der Waals surface area contributed by atoms with Crippen LogP contribution in [0.3, 0.4) is 0 Å². The normalized spacial score (nSPS) is 11.6. The Morgan fingerprint density at radius 1 is 1.09 bits per heavy atom. The van der Waals surface area contributed by atoms with Crippen LogP contribution in [0.1, 0.15) is 21.5 Å². The van der Waals surface area contributed by atoms with Gasteiger partial charge in [0.25, 0.3) is 5.91 Å². The van der Waals surface area contributed by atoms with Crippen LogP contribution < -0.4 is 11.2 Å². The Labute approximate surface area is 124 Å². The molecule has 1 amide bonds. The highest BCUT2D eigenvalue weighted by molar-refractivity contribution is 5.95. The number of hydrogen-bond acceptors (Lipinski definition) is 3. The number of carbonyl (C=O) groups is 1. The maximum absolute atomic E-state index is 12.8. The average Bonchev–Trinajstić information content (AvgIpc) is 2.47. The van der Waals surface area contributed by atoms with E-state index in [9.17, 15) is 18.0 Å². The van der Waals surface area contributed by atoms with Gasteiger partial charge in [-0.3, -0.25) is 4.79 Å². The van der Waals surface area contributed by atoms with Crippen molar-refractivity contribution in [3.8, 4) is 0 Å². The summed E-state index contributed by atoms with van der Waals surface area (Å²) >= 11 is 0. The molecule has 0 bridgehead atoms. The summed E-state index contributed by atoms with van der Waals surface area (Å²) in [6.45, 7) is 0. The van der Waals surface area contributed by atoms with Crippen LogP contribution in [-0.4, -0.2) is 12.1 Å². The van der Waals surface area contributed by atoms with Crippen molar-refractivity contribution >= 4 is 17.8 Å². The monoisotopic (exact) mass is 307 g/mol. The number of halogens is 3. The van der Waals surface area contributed by atoms with Crippen LogP contribution in [0.2, 0.25) is 0 Å². The van der Waals surface area contributed by atoms with Crippen molar-refractivity contribution in [1.29, 1.82) is 0 Å². The fourth-order valence-corrected chi connectivity index (χ4v) is 1.73. The van der Waals surface area contributed by atoms with Gasteiger partial charge in [-0.2, -0.15) is 18.3 Å². The predicted octanol–water partition coefficient (Wildman–Crippen LogP) is 3.05. The lowest BCUT2D eigenvalue weighted by atomic mass is 10.1. The molecule has 4 nitrogen and oxygen atoms in total. The topological polar surface area (TPSA) is 67.5 Å². The number of alkyl halides is 3. The largest absolute Gasteiger partial charge is 0.417 e. The molecule has 0 atom stereocenters. The second-order valence-electron chi connectivity index (χ2n) is 4.41. The zero-order valence-electron chi connectivity index (χ0n) is 11.3. The van der Waals surface area contributed by atoms with Gasteiger partial charge in [-0.1, -0.05) is 18.2 Å². The highest BCUT2D eigenvalue weighted by atomic mass is 19.4. The first-order valence-corrected chi connectivity index (χ1v) is 6.23. The number of amides is 1. The second-order valence-corrected chi connectivity index (χ2v) is 4.41. The first-order chi connectivity index (χ1) is 10.4. The van der Waals surface area contributed by atoms with Gasteiger partial charge in [0.05, 0.1) is 11.8 Å². The number of hydrogen-bond donors (Lipinski definition) is 2. The van der Waals surface area contributed by atoms with Gasteiger partial charge < -0.3 is 5.73 Å². The van der Waals surface area contributed by atoms with Crippen molar-refractivity contribution in [2.24, 2.45) is 5.10 Å². The van der Waals surface area contributed by atoms with Gasteiger partial charge in [-0.15, -0.1) is 0 Å². The number of hydrazone groups is 1. The number of nitrogens with two attached hydrogens (primary N) is 1. The van der Waals surface area contributed by atoms with Crippen molar-refractivity contribution < 1.29 is 18.0 Å². The minimum atomic E-state index is -4.48. The highest BCUT2D eigenvalue weighted by Crippen LogP contribution is 2.30. The molecule has 7 heteroatoms. The van der Waals surface area contributed by atoms with E-state index in [2.05, 4.69) is 10.5 Å². The Kier molecular flexibility index (Phi) is 4.45. The third kappa shape index (κ3) is 3.85. The van der Waals surface area contributed by atoms with E-state index in [0.29, 0.717) is 11.3 Å². The van der Waals surface area contributed by atoms with Gasteiger partial charge in [-0.05, 0) is 30.3 Å². The van der Waals surface area contributed by atoms with Crippen molar-refractivity contribution in [3.63, 3.8) is 0 Å². The summed E-state index contributed by atoms with van der Waals surface area (Å²) in [5.74, 6) is -0.541. The van der Waals surface area contributed by atoms with Gasteiger partial charge in [0.15, 0.2) is 0 Å². The second kappa shape index (κ2) is 6.30. The number of nitrogens with one attached hydrogen (secondary N) is 1. The lowest BCUT2D eigenvalue weighted by Crippen LogP contribution is -2.18. The van der Waals surface area contributed by atoms with Gasteiger partial charge in [-0.25, -0.2) is 5.43 Å². The molecule has 0 saturated heterocycles. The molecule has 2 rings (SSSR count). The van der Waals surface area contributed by atoms with E-state index in [-0.39, 0.29) is 5.56 Å². The number of nitrogen functional groups attached to an aromatic ring is 1. The Hall–Kier alpha value is -2.83. The van der Waals surface area contributed by atoms with Gasteiger partial charge in [0.2, 0.25) is 0 Å². The number of rotatable bonds is 3. The Morgan fingerprint density at radius 3 is 2.36 bits per heavy atom. The highest BCUT2D eigenvalue weighted by Gasteiger charge is 2.32. The van der Waals surface area contributed by atoms with Crippen molar-refractivity contribution in [2.75, 3.05) is 5.73 Å². The number of carbonyl (C=O) groups excluding carboxylic acids is 1. The molecule has 3 N–H and O–H groups in total. The minimum Gasteiger partial charge on any atom is -0.399 e. The van der Waals surface area contributed by atoms with E-state index in [4.69, 9.17) is 5.73 Å². The maximum Gasteiger partial charge on any atom is 0.417 e. The lowest BCUT2D eigenvalue weighted by molar-refractivity contribution is -0.137. The molecule has 0 aliphatic rings. The summed E-state index contributed by atoms with van der Waals surface area (Å²) in [6.07, 6.45) is -3.53. The average molecular weight is 307 g/mol. The van der Waals surface area contributed by atoms with Gasteiger partial charge >= 0.3 is 6.18 Å². The number of benzene rings is 2. The van der Waals surface area contributed by atoms with E-state index in [1.54, 1.807) is 0 Å². The maximum atomic E-state index is 12.8. The molecule has 0 saturated carbocycles. The molecule has 0 fully saturated rings. The van der Waals surface area contributed by atoms with Gasteiger partial charge in [0, 0.05) is 16.8 Å². The molecule has 0 radical (unpaired) electrons. The van der Waals surface area contributed by atoms with Crippen LogP contribution >= 0.6 is 0 Å². The zero-order valence-corrected chi connectivity index (χ0v) is 11.3. The van der Waals surface area contributed by atoms with E-state index in [1.807, 2.05) is 0 Å². The first-order valence-electron chi connectivity index (χ1n) is 6.23. The van der Waals surface area contributed by atoms with Crippen molar-refractivity contribution in [1.82, 2.24) is 5.43 Å². The molecule has 0 aliphatic carbocycles. The number of anilines is 1. The Balaban J connectivity index is 2.10. The molecule has 2 aromatic carbocycles. The van der Waals surface area contributed by atoms with Crippen LogP contribution in [0, 0.1) is 0 Å². The smallest absolute Gasteiger partial charge is 0.399 e. The minimum absolute atomic E-state index is 0.132. The third-order valence-corrected chi connectivity index (χ3v) is 2.81. The van der Waals surface area contributed by atoms with Crippen LogP contribution in [0.25, 0.3) is 0 Å². The Bertz CT molecular complexity index is 694. The first kappa shape index (κ1) is 15.6. The molecule has 0 spiro atoms. The van der Waals surface area contributed by atoms with E-state index in [0.717, 1.165) is 12.3 Å². The molecule has 22 heavy (non-hydrogen) atoms. The van der Waals surface area contributed by atoms with Crippen LogP contribution in [-0.2, 0) is 6.18 Å². The molecular formula is C15H12F3N3O. The zero-order chi connectivity index (χ0) is 16.2. The molecule has 114 valence electrons. The lowest BCUT2D eigenvalue weighted by Gasteiger charge is -2.09. The van der Waals surface area contributed by atoms with Gasteiger partial charge in [0.1, 0.15) is 0 Å². The summed E-state index contributed by atoms with van der Waals surface area (Å²) in [6, 6.07) is 11.0. The quantitative estimate of drug-likeness (QED) is 0.520. The summed E-state index contributed by atoms with van der Waals surface area (Å²) in [4.78, 5) is 11.7. The summed E-state index contributed by atoms with van der Waals surface area (Å²) < 4.78 is 38.3. The molecule has 0 heterocycles. The summed E-state index contributed by atoms with van der Waals surface area (Å²) in [5.41, 5.74) is 7.51. The van der Waals surface area contributed by atoms with Crippen LogP contribution in [0.15, 0.2) is 53.6 Å². The van der Waals surface area contributed by atoms with Crippen LogP contribution in [0.4, 0.5) is 18.9 Å². The van der Waals surface area contributed by atoms with Crippen molar-refractivity contribution in [2.45, 2.75) is 6.18 Å². The summed E-state index contributed by atoms with van der Waals surface area (Å²) in [7, 11) is 0. The van der Waals surface area contributed by atoms with E-state index < -0.39 is 17.6 Å². The SMILES string of the molecule is Nc1ccc(C(=O)NN=Cc2ccccc2C(F)(F)F)cc1. The molecule has 0 unspecified atom stereocenters. The third-order valence-electron chi connectivity index (χ3n) is 2.81. The predicted molar refractivity (Wildman–Crippen MR) is 77.4 cm³/mol. The molecule has 0 aliphatic heterocycles. The van der Waals surface area contributed by atoms with E-state index >= 15 is 0 Å². The van der Waals surface area contributed by atoms with E-state index in [1.165, 1.54) is 42.5 Å². The molecular weight excluding hydrogens is 295 g/mol. The molecule has 2 aromatic rings.